The average Bonchev–Trinajstić information content (AvgIpc) is 2.75. The van der Waals surface area contributed by atoms with E-state index in [1.165, 1.54) is 5.56 Å². The second kappa shape index (κ2) is 11.2. The predicted molar refractivity (Wildman–Crippen MR) is 119 cm³/mol. The van der Waals surface area contributed by atoms with Gasteiger partial charge in [-0.25, -0.2) is 4.99 Å². The van der Waals surface area contributed by atoms with Crippen LogP contribution in [0.25, 0.3) is 0 Å². The fourth-order valence-electron chi connectivity index (χ4n) is 2.86. The van der Waals surface area contributed by atoms with Gasteiger partial charge in [-0.2, -0.15) is 0 Å². The van der Waals surface area contributed by atoms with E-state index in [9.17, 15) is 4.79 Å². The molecule has 0 aliphatic carbocycles. The number of benzene rings is 1. The van der Waals surface area contributed by atoms with Crippen LogP contribution in [0.15, 0.2) is 59.7 Å². The van der Waals surface area contributed by atoms with Crippen molar-refractivity contribution in [1.29, 1.82) is 0 Å². The highest BCUT2D eigenvalue weighted by Crippen LogP contribution is 2.21. The number of guanidine groups is 1. The largest absolute Gasteiger partial charge is 0.357 e. The molecule has 2 rings (SSSR count). The number of aromatic nitrogens is 1. The van der Waals surface area contributed by atoms with E-state index in [0.29, 0.717) is 19.0 Å². The molecule has 0 aliphatic rings. The topological polar surface area (TPSA) is 69.6 Å². The van der Waals surface area contributed by atoms with E-state index in [2.05, 4.69) is 58.7 Å². The van der Waals surface area contributed by atoms with Gasteiger partial charge in [-0.3, -0.25) is 9.78 Å². The number of hydrogen-bond acceptors (Lipinski definition) is 3. The SMILES string of the molecule is CCNC(=NCC(=O)N(C)CCc1ccccn1)NCC(C)(C)c1ccccc1. The zero-order valence-electron chi connectivity index (χ0n) is 18.0. The van der Waals surface area contributed by atoms with Gasteiger partial charge in [0.05, 0.1) is 0 Å². The van der Waals surface area contributed by atoms with E-state index < -0.39 is 0 Å². The Balaban J connectivity index is 1.87. The van der Waals surface area contributed by atoms with Crippen LogP contribution in [0.3, 0.4) is 0 Å². The first-order valence-corrected chi connectivity index (χ1v) is 10.1. The molecule has 6 nitrogen and oxygen atoms in total. The number of aliphatic imine (C=N–C) groups is 1. The Morgan fingerprint density at radius 1 is 1.10 bits per heavy atom. The number of hydrogen-bond donors (Lipinski definition) is 2. The molecule has 0 saturated carbocycles. The predicted octanol–water partition coefficient (Wildman–Crippen LogP) is 2.62. The van der Waals surface area contributed by atoms with Crippen LogP contribution < -0.4 is 10.6 Å². The van der Waals surface area contributed by atoms with Crippen LogP contribution in [0.5, 0.6) is 0 Å². The van der Waals surface area contributed by atoms with Crippen molar-refractivity contribution in [1.82, 2.24) is 20.5 Å². The molecule has 1 heterocycles. The molecule has 156 valence electrons. The molecule has 0 unspecified atom stereocenters. The third kappa shape index (κ3) is 7.56. The van der Waals surface area contributed by atoms with Crippen molar-refractivity contribution in [2.45, 2.75) is 32.6 Å². The van der Waals surface area contributed by atoms with Crippen LogP contribution in [0.2, 0.25) is 0 Å². The monoisotopic (exact) mass is 395 g/mol. The maximum atomic E-state index is 12.4. The molecule has 0 radical (unpaired) electrons. The molecule has 0 fully saturated rings. The zero-order chi connectivity index (χ0) is 21.1. The van der Waals surface area contributed by atoms with E-state index in [1.807, 2.05) is 31.2 Å². The van der Waals surface area contributed by atoms with E-state index in [0.717, 1.165) is 18.7 Å². The Kier molecular flexibility index (Phi) is 8.65. The third-order valence-electron chi connectivity index (χ3n) is 4.82. The second-order valence-electron chi connectivity index (χ2n) is 7.68. The molecule has 0 saturated heterocycles. The molecule has 1 amide bonds. The average molecular weight is 396 g/mol. The van der Waals surface area contributed by atoms with Crippen molar-refractivity contribution >= 4 is 11.9 Å². The number of nitrogens with one attached hydrogen (secondary N) is 2. The van der Waals surface area contributed by atoms with Crippen molar-refractivity contribution in [3.8, 4) is 0 Å². The molecule has 2 N–H and O–H groups in total. The number of pyridine rings is 1. The second-order valence-corrected chi connectivity index (χ2v) is 7.68. The molecule has 1 aromatic carbocycles. The van der Waals surface area contributed by atoms with Gasteiger partial charge in [0.1, 0.15) is 6.54 Å². The lowest BCUT2D eigenvalue weighted by Gasteiger charge is -2.26. The Hall–Kier alpha value is -2.89. The highest BCUT2D eigenvalue weighted by atomic mass is 16.2. The first kappa shape index (κ1) is 22.4. The summed E-state index contributed by atoms with van der Waals surface area (Å²) in [6, 6.07) is 16.2. The molecular weight excluding hydrogens is 362 g/mol. The highest BCUT2D eigenvalue weighted by molar-refractivity contribution is 5.84. The van der Waals surface area contributed by atoms with Crippen LogP contribution in [-0.2, 0) is 16.6 Å². The van der Waals surface area contributed by atoms with Gasteiger partial charge in [0, 0.05) is 50.4 Å². The lowest BCUT2D eigenvalue weighted by molar-refractivity contribution is -0.128. The minimum absolute atomic E-state index is 0.0135. The fraction of sp³-hybridized carbons (Fsp3) is 0.435. The summed E-state index contributed by atoms with van der Waals surface area (Å²) >= 11 is 0. The van der Waals surface area contributed by atoms with Gasteiger partial charge < -0.3 is 15.5 Å². The quantitative estimate of drug-likeness (QED) is 0.506. The molecule has 0 atom stereocenters. The number of carbonyl (C=O) groups excluding carboxylic acids is 1. The summed E-state index contributed by atoms with van der Waals surface area (Å²) in [5.41, 5.74) is 2.18. The van der Waals surface area contributed by atoms with Crippen LogP contribution in [0, 0.1) is 0 Å². The lowest BCUT2D eigenvalue weighted by Crippen LogP contribution is -2.44. The van der Waals surface area contributed by atoms with Gasteiger partial charge in [-0.1, -0.05) is 50.2 Å². The summed E-state index contributed by atoms with van der Waals surface area (Å²) in [7, 11) is 1.81. The van der Waals surface area contributed by atoms with Crippen molar-refractivity contribution in [3.05, 3.63) is 66.0 Å². The standard InChI is InChI=1S/C23H33N5O/c1-5-24-22(27-18-23(2,3)19-11-7-6-8-12-19)26-17-21(29)28(4)16-14-20-13-9-10-15-25-20/h6-13,15H,5,14,16-18H2,1-4H3,(H2,24,26,27). The van der Waals surface area contributed by atoms with Gasteiger partial charge >= 0.3 is 0 Å². The first-order chi connectivity index (χ1) is 13.9. The van der Waals surface area contributed by atoms with Gasteiger partial charge in [0.25, 0.3) is 0 Å². The van der Waals surface area contributed by atoms with E-state index in [1.54, 1.807) is 18.1 Å². The van der Waals surface area contributed by atoms with Gasteiger partial charge in [0.15, 0.2) is 5.96 Å². The lowest BCUT2D eigenvalue weighted by atomic mass is 9.85. The minimum Gasteiger partial charge on any atom is -0.357 e. The van der Waals surface area contributed by atoms with E-state index >= 15 is 0 Å². The Bertz CT molecular complexity index is 774. The molecular formula is C23H33N5O. The molecule has 1 aromatic heterocycles. The van der Waals surface area contributed by atoms with Crippen LogP contribution in [-0.4, -0.2) is 55.0 Å². The number of likely N-dealkylation sites (N-methyl/N-ethyl adjacent to an activating group) is 1. The zero-order valence-corrected chi connectivity index (χ0v) is 18.0. The van der Waals surface area contributed by atoms with Gasteiger partial charge in [-0.15, -0.1) is 0 Å². The Morgan fingerprint density at radius 3 is 2.48 bits per heavy atom. The number of carbonyl (C=O) groups is 1. The van der Waals surface area contributed by atoms with E-state index in [-0.39, 0.29) is 17.9 Å². The summed E-state index contributed by atoms with van der Waals surface area (Å²) in [5, 5.41) is 6.59. The first-order valence-electron chi connectivity index (χ1n) is 10.1. The fourth-order valence-corrected chi connectivity index (χ4v) is 2.86. The molecule has 0 aliphatic heterocycles. The summed E-state index contributed by atoms with van der Waals surface area (Å²) in [5.74, 6) is 0.642. The van der Waals surface area contributed by atoms with Crippen molar-refractivity contribution in [3.63, 3.8) is 0 Å². The van der Waals surface area contributed by atoms with Gasteiger partial charge in [0.2, 0.25) is 5.91 Å². The van der Waals surface area contributed by atoms with Crippen molar-refractivity contribution < 1.29 is 4.79 Å². The van der Waals surface area contributed by atoms with Crippen LogP contribution in [0.4, 0.5) is 0 Å². The van der Waals surface area contributed by atoms with Crippen LogP contribution >= 0.6 is 0 Å². The number of rotatable bonds is 9. The van der Waals surface area contributed by atoms with Gasteiger partial charge in [-0.05, 0) is 24.6 Å². The van der Waals surface area contributed by atoms with Crippen LogP contribution in [0.1, 0.15) is 32.0 Å². The molecule has 29 heavy (non-hydrogen) atoms. The molecule has 6 heteroatoms. The molecule has 2 aromatic rings. The normalized spacial score (nSPS) is 11.8. The van der Waals surface area contributed by atoms with E-state index in [4.69, 9.17) is 0 Å². The highest BCUT2D eigenvalue weighted by Gasteiger charge is 2.20. The third-order valence-corrected chi connectivity index (χ3v) is 4.82. The Morgan fingerprint density at radius 2 is 1.83 bits per heavy atom. The minimum atomic E-state index is -0.0546. The smallest absolute Gasteiger partial charge is 0.244 e. The Labute approximate surface area is 174 Å². The number of nitrogens with zero attached hydrogens (tertiary/aromatic N) is 3. The summed E-state index contributed by atoms with van der Waals surface area (Å²) < 4.78 is 0. The summed E-state index contributed by atoms with van der Waals surface area (Å²) in [6.07, 6.45) is 2.50. The van der Waals surface area contributed by atoms with Crippen molar-refractivity contribution in [2.24, 2.45) is 4.99 Å². The molecule has 0 bridgehead atoms. The number of amides is 1. The summed E-state index contributed by atoms with van der Waals surface area (Å²) in [4.78, 5) is 22.9. The maximum absolute atomic E-state index is 12.4. The van der Waals surface area contributed by atoms with Crippen molar-refractivity contribution in [2.75, 3.05) is 33.2 Å². The summed E-state index contributed by atoms with van der Waals surface area (Å²) in [6.45, 7) is 8.58. The molecule has 0 spiro atoms. The maximum Gasteiger partial charge on any atom is 0.244 e.